The van der Waals surface area contributed by atoms with Gasteiger partial charge in [-0.2, -0.15) is 0 Å². The van der Waals surface area contributed by atoms with Crippen LogP contribution in [0.4, 0.5) is 10.3 Å². The van der Waals surface area contributed by atoms with Crippen LogP contribution < -0.4 is 9.89 Å². The molecule has 3 atom stereocenters. The first-order valence-corrected chi connectivity index (χ1v) is 13.9. The molecule has 0 bridgehead atoms. The van der Waals surface area contributed by atoms with Crippen LogP contribution in [0.1, 0.15) is 64.0 Å². The normalized spacial score (nSPS) is 20.9. The molecular weight excluding hydrogens is 467 g/mol. The van der Waals surface area contributed by atoms with Crippen molar-refractivity contribution in [2.24, 2.45) is 17.8 Å². The van der Waals surface area contributed by atoms with Crippen LogP contribution in [0.5, 0.6) is 5.75 Å². The van der Waals surface area contributed by atoms with Crippen molar-refractivity contribution >= 4 is 17.4 Å². The van der Waals surface area contributed by atoms with Gasteiger partial charge in [0.15, 0.2) is 12.6 Å². The fourth-order valence-electron chi connectivity index (χ4n) is 5.49. The van der Waals surface area contributed by atoms with Crippen LogP contribution in [0.15, 0.2) is 42.7 Å². The first-order valence-electron chi connectivity index (χ1n) is 13.9. The van der Waals surface area contributed by atoms with Gasteiger partial charge in [0.05, 0.1) is 5.92 Å². The fraction of sp³-hybridized carbons (Fsp3) is 0.567. The minimum absolute atomic E-state index is 0.0629. The van der Waals surface area contributed by atoms with Crippen molar-refractivity contribution in [3.63, 3.8) is 0 Å². The van der Waals surface area contributed by atoms with E-state index >= 15 is 0 Å². The minimum Gasteiger partial charge on any atom is -0.581 e. The highest BCUT2D eigenvalue weighted by Crippen LogP contribution is 2.33. The Morgan fingerprint density at radius 2 is 1.84 bits per heavy atom. The summed E-state index contributed by atoms with van der Waals surface area (Å²) in [6, 6.07) is 8.57. The number of nitrogens with one attached hydrogen (secondary N) is 1. The molecule has 1 aliphatic heterocycles. The Morgan fingerprint density at radius 1 is 1.14 bits per heavy atom. The number of ether oxygens (including phenoxy) is 1. The second kappa shape index (κ2) is 13.0. The van der Waals surface area contributed by atoms with Crippen molar-refractivity contribution in [2.45, 2.75) is 65.4 Å². The molecule has 2 heterocycles. The van der Waals surface area contributed by atoms with Gasteiger partial charge < -0.3 is 14.7 Å². The summed E-state index contributed by atoms with van der Waals surface area (Å²) in [4.78, 5) is 14.2. The number of aliphatic hydroxyl groups is 2. The summed E-state index contributed by atoms with van der Waals surface area (Å²) in [5, 5.41) is 10.1. The molecular formula is C30H43FN4O2+2. The molecule has 200 valence electrons. The number of halogens is 1. The van der Waals surface area contributed by atoms with E-state index in [4.69, 9.17) is 4.74 Å². The molecule has 2 aliphatic rings. The molecule has 6 nitrogen and oxygen atoms in total. The number of rotatable bonds is 10. The number of alkyl halides is 1. The molecule has 4 rings (SSSR count). The number of allylic oxidation sites excluding steroid dienone is 2. The molecule has 1 saturated heterocycles. The van der Waals surface area contributed by atoms with Crippen molar-refractivity contribution < 1.29 is 19.2 Å². The maximum atomic E-state index is 12.3. The van der Waals surface area contributed by atoms with E-state index in [1.807, 2.05) is 12.4 Å². The molecule has 0 saturated carbocycles. The van der Waals surface area contributed by atoms with Crippen LogP contribution in [0.2, 0.25) is 0 Å². The SMILES string of the molecule is CCc1cnc(N2CCC([C@@H](C)[C@H](C)[OH+]c3ccc(C4=CCC(C(O)=[NH+]CCF)CC4)cc3)CC2)nc1. The highest BCUT2D eigenvalue weighted by Gasteiger charge is 2.31. The van der Waals surface area contributed by atoms with Gasteiger partial charge >= 0.3 is 5.90 Å². The molecule has 1 aromatic carbocycles. The molecule has 3 N–H and O–H groups in total. The van der Waals surface area contributed by atoms with Crippen molar-refractivity contribution in [1.29, 1.82) is 0 Å². The number of nitrogens with zero attached hydrogens (tertiary/aromatic N) is 3. The molecule has 1 fully saturated rings. The van der Waals surface area contributed by atoms with E-state index in [9.17, 15) is 9.50 Å². The van der Waals surface area contributed by atoms with E-state index in [1.54, 1.807) is 0 Å². The third kappa shape index (κ3) is 7.08. The largest absolute Gasteiger partial charge is 0.581 e. The Balaban J connectivity index is 1.26. The number of hydrogen-bond acceptors (Lipinski definition) is 3. The molecule has 37 heavy (non-hydrogen) atoms. The monoisotopic (exact) mass is 510 g/mol. The zero-order valence-electron chi connectivity index (χ0n) is 22.5. The van der Waals surface area contributed by atoms with Gasteiger partial charge in [-0.25, -0.2) is 19.4 Å². The fourth-order valence-corrected chi connectivity index (χ4v) is 5.49. The predicted molar refractivity (Wildman–Crippen MR) is 148 cm³/mol. The van der Waals surface area contributed by atoms with Gasteiger partial charge in [0.1, 0.15) is 6.67 Å². The summed E-state index contributed by atoms with van der Waals surface area (Å²) < 4.78 is 17.4. The zero-order valence-corrected chi connectivity index (χ0v) is 22.5. The smallest absolute Gasteiger partial charge is 0.335 e. The van der Waals surface area contributed by atoms with Gasteiger partial charge in [-0.05, 0) is 73.3 Å². The minimum atomic E-state index is -0.477. The summed E-state index contributed by atoms with van der Waals surface area (Å²) >= 11 is 0. The van der Waals surface area contributed by atoms with E-state index in [0.29, 0.717) is 11.8 Å². The summed E-state index contributed by atoms with van der Waals surface area (Å²) in [6.45, 7) is 8.39. The molecule has 0 amide bonds. The van der Waals surface area contributed by atoms with Crippen LogP contribution in [0.3, 0.4) is 0 Å². The first-order chi connectivity index (χ1) is 18.0. The molecule has 1 aliphatic carbocycles. The van der Waals surface area contributed by atoms with Crippen molar-refractivity contribution in [2.75, 3.05) is 31.2 Å². The standard InChI is InChI=1S/C30H41FN4O2/c1-4-23-19-33-30(34-20-23)35-17-13-24(14-18-35)21(2)22(3)37-28-11-9-26(10-12-28)25-5-7-27(8-6-25)29(36)32-16-15-31/h5,9-12,19-22,24,27H,4,6-8,13-18H2,1-3H3,(H,32,36)/p+2/t21-,22-,27?/m0/s1. The second-order valence-electron chi connectivity index (χ2n) is 10.5. The van der Waals surface area contributed by atoms with Gasteiger partial charge in [0.2, 0.25) is 5.95 Å². The van der Waals surface area contributed by atoms with E-state index < -0.39 is 6.67 Å². The van der Waals surface area contributed by atoms with Gasteiger partial charge in [-0.15, -0.1) is 0 Å². The number of aliphatic hydroxyl groups excluding tert-OH is 1. The molecule has 0 radical (unpaired) electrons. The van der Waals surface area contributed by atoms with Crippen LogP contribution in [0.25, 0.3) is 5.57 Å². The summed E-state index contributed by atoms with van der Waals surface area (Å²) in [5.74, 6) is 3.33. The average Bonchev–Trinajstić information content (AvgIpc) is 2.96. The Hall–Kier alpha value is -2.96. The Kier molecular flexibility index (Phi) is 9.53. The maximum Gasteiger partial charge on any atom is 0.335 e. The van der Waals surface area contributed by atoms with E-state index in [-0.39, 0.29) is 24.5 Å². The highest BCUT2D eigenvalue weighted by molar-refractivity contribution is 5.74. The summed E-state index contributed by atoms with van der Waals surface area (Å²) in [5.41, 5.74) is 3.70. The third-order valence-electron chi connectivity index (χ3n) is 8.22. The van der Waals surface area contributed by atoms with E-state index in [2.05, 4.69) is 71.0 Å². The number of aromatic nitrogens is 2. The zero-order chi connectivity index (χ0) is 26.2. The number of piperidine rings is 1. The van der Waals surface area contributed by atoms with E-state index in [1.165, 1.54) is 16.7 Å². The quantitative estimate of drug-likeness (QED) is 0.282. The van der Waals surface area contributed by atoms with Crippen LogP contribution in [-0.2, 0) is 6.42 Å². The van der Waals surface area contributed by atoms with Crippen LogP contribution in [0, 0.1) is 17.8 Å². The van der Waals surface area contributed by atoms with Crippen molar-refractivity contribution in [3.8, 4) is 5.75 Å². The Morgan fingerprint density at radius 3 is 2.43 bits per heavy atom. The third-order valence-corrected chi connectivity index (χ3v) is 8.22. The van der Waals surface area contributed by atoms with E-state index in [0.717, 1.165) is 63.3 Å². The lowest BCUT2D eigenvalue weighted by Gasteiger charge is -2.35. The van der Waals surface area contributed by atoms with Gasteiger partial charge in [0, 0.05) is 50.5 Å². The van der Waals surface area contributed by atoms with Crippen LogP contribution >= 0.6 is 0 Å². The van der Waals surface area contributed by atoms with Gasteiger partial charge in [0.25, 0.3) is 5.75 Å². The summed E-state index contributed by atoms with van der Waals surface area (Å²) in [7, 11) is 0. The Labute approximate surface area is 220 Å². The molecule has 0 spiro atoms. The lowest BCUT2D eigenvalue weighted by atomic mass is 9.82. The maximum absolute atomic E-state index is 12.3. The molecule has 1 unspecified atom stereocenters. The molecule has 2 aromatic rings. The van der Waals surface area contributed by atoms with Crippen molar-refractivity contribution in [3.05, 3.63) is 53.9 Å². The van der Waals surface area contributed by atoms with Gasteiger partial charge in [-0.1, -0.05) is 19.9 Å². The predicted octanol–water partition coefficient (Wildman–Crippen LogP) is 4.41. The highest BCUT2D eigenvalue weighted by atomic mass is 19.1. The molecule has 1 aromatic heterocycles. The molecule has 7 heteroatoms. The average molecular weight is 511 g/mol. The first kappa shape index (κ1) is 27.1. The number of aryl methyl sites for hydroxylation is 1. The lowest BCUT2D eigenvalue weighted by Crippen LogP contribution is -2.75. The van der Waals surface area contributed by atoms with Gasteiger partial charge in [-0.3, -0.25) is 0 Å². The van der Waals surface area contributed by atoms with Crippen LogP contribution in [-0.4, -0.2) is 58.1 Å². The second-order valence-corrected chi connectivity index (χ2v) is 10.5. The number of anilines is 1. The summed E-state index contributed by atoms with van der Waals surface area (Å²) in [6.07, 6.45) is 12.2. The van der Waals surface area contributed by atoms with Crippen molar-refractivity contribution in [1.82, 2.24) is 9.97 Å². The topological polar surface area (TPSA) is 76.0 Å². The number of hydrogen-bond donors (Lipinski definition) is 2. The lowest BCUT2D eigenvalue weighted by molar-refractivity contribution is -0.470. The number of aromatic hydroxyl groups is 1. The number of benzene rings is 1. The Bertz CT molecular complexity index is 1050.